The highest BCUT2D eigenvalue weighted by atomic mass is 127. The van der Waals surface area contributed by atoms with Gasteiger partial charge in [-0.05, 0) is 26.0 Å². The number of rotatable bonds is 5. The number of nitrogens with zero attached hydrogens (tertiary/aromatic N) is 2. The molecule has 0 aliphatic rings. The first-order chi connectivity index (χ1) is 10.6. The summed E-state index contributed by atoms with van der Waals surface area (Å²) in [5, 5.41) is 5.67. The van der Waals surface area contributed by atoms with Crippen LogP contribution in [0, 0.1) is 6.92 Å². The number of aliphatic imine (C=N–C) groups is 1. The molecule has 0 bridgehead atoms. The molecule has 0 spiro atoms. The molecule has 24 heavy (non-hydrogen) atoms. The fraction of sp³-hybridized carbons (Fsp3) is 0.571. The van der Waals surface area contributed by atoms with Gasteiger partial charge in [0.15, 0.2) is 5.96 Å². The lowest BCUT2D eigenvalue weighted by Crippen LogP contribution is -2.46. The number of hydrogen-bond donors (Lipinski definition) is 2. The van der Waals surface area contributed by atoms with Gasteiger partial charge in [0.1, 0.15) is 18.1 Å². The van der Waals surface area contributed by atoms with Gasteiger partial charge >= 0.3 is 6.18 Å². The molecule has 0 aromatic carbocycles. The highest BCUT2D eigenvalue weighted by molar-refractivity contribution is 14.0. The van der Waals surface area contributed by atoms with Crippen molar-refractivity contribution in [3.63, 3.8) is 0 Å². The molecule has 1 aromatic rings. The van der Waals surface area contributed by atoms with E-state index >= 15 is 0 Å². The maximum atomic E-state index is 12.2. The van der Waals surface area contributed by atoms with Crippen molar-refractivity contribution in [3.05, 3.63) is 23.7 Å². The Kier molecular flexibility index (Phi) is 9.15. The average molecular weight is 462 g/mol. The van der Waals surface area contributed by atoms with Gasteiger partial charge in [-0.25, -0.2) is 0 Å². The van der Waals surface area contributed by atoms with Gasteiger partial charge in [0.2, 0.25) is 5.91 Å². The molecule has 10 heteroatoms. The van der Waals surface area contributed by atoms with E-state index in [9.17, 15) is 18.0 Å². The molecule has 6 nitrogen and oxygen atoms in total. The summed E-state index contributed by atoms with van der Waals surface area (Å²) in [6.45, 7) is 2.07. The smallest absolute Gasteiger partial charge is 0.406 e. The number of aryl methyl sites for hydroxylation is 1. The molecule has 1 aromatic heterocycles. The maximum absolute atomic E-state index is 12.2. The molecule has 0 aliphatic carbocycles. The Hall–Kier alpha value is -1.46. The van der Waals surface area contributed by atoms with Crippen LogP contribution >= 0.6 is 24.0 Å². The van der Waals surface area contributed by atoms with Crippen molar-refractivity contribution in [2.45, 2.75) is 26.1 Å². The number of halogens is 4. The monoisotopic (exact) mass is 462 g/mol. The number of alkyl halides is 3. The van der Waals surface area contributed by atoms with Crippen molar-refractivity contribution in [1.29, 1.82) is 0 Å². The van der Waals surface area contributed by atoms with E-state index in [0.717, 1.165) is 12.8 Å². The summed E-state index contributed by atoms with van der Waals surface area (Å²) >= 11 is 0. The van der Waals surface area contributed by atoms with Crippen LogP contribution in [0.25, 0.3) is 0 Å². The van der Waals surface area contributed by atoms with Crippen LogP contribution in [0.3, 0.4) is 0 Å². The molecule has 1 unspecified atom stereocenters. The van der Waals surface area contributed by atoms with E-state index in [2.05, 4.69) is 15.6 Å². The summed E-state index contributed by atoms with van der Waals surface area (Å²) in [4.78, 5) is 16.2. The Morgan fingerprint density at radius 2 is 2.04 bits per heavy atom. The molecule has 0 saturated carbocycles. The second-order valence-corrected chi connectivity index (χ2v) is 5.11. The zero-order valence-corrected chi connectivity index (χ0v) is 16.2. The lowest BCUT2D eigenvalue weighted by atomic mass is 10.2. The van der Waals surface area contributed by atoms with E-state index in [1.165, 1.54) is 7.05 Å². The van der Waals surface area contributed by atoms with Crippen LogP contribution in [0.2, 0.25) is 0 Å². The normalized spacial score (nSPS) is 13.0. The number of likely N-dealkylation sites (N-methyl/N-ethyl adjacent to an activating group) is 1. The summed E-state index contributed by atoms with van der Waals surface area (Å²) in [5.74, 6) is 1.05. The fourth-order valence-corrected chi connectivity index (χ4v) is 1.81. The molecule has 0 radical (unpaired) electrons. The van der Waals surface area contributed by atoms with Crippen LogP contribution in [-0.2, 0) is 4.79 Å². The number of nitrogens with one attached hydrogen (secondary N) is 2. The fourth-order valence-electron chi connectivity index (χ4n) is 1.81. The molecule has 1 heterocycles. The number of guanidine groups is 1. The maximum Gasteiger partial charge on any atom is 0.406 e. The van der Waals surface area contributed by atoms with Crippen molar-refractivity contribution in [3.8, 4) is 0 Å². The topological polar surface area (TPSA) is 69.9 Å². The summed E-state index contributed by atoms with van der Waals surface area (Å²) in [5.41, 5.74) is 0. The molecular weight excluding hydrogens is 440 g/mol. The van der Waals surface area contributed by atoms with Crippen molar-refractivity contribution in [2.75, 3.05) is 27.2 Å². The van der Waals surface area contributed by atoms with Crippen molar-refractivity contribution in [1.82, 2.24) is 15.5 Å². The molecule has 1 atom stereocenters. The minimum absolute atomic E-state index is 0. The predicted molar refractivity (Wildman–Crippen MR) is 95.5 cm³/mol. The minimum atomic E-state index is -4.42. The Labute approximate surface area is 155 Å². The quantitative estimate of drug-likeness (QED) is 0.401. The average Bonchev–Trinajstić information content (AvgIpc) is 2.87. The number of amides is 1. The first-order valence-electron chi connectivity index (χ1n) is 6.96. The van der Waals surface area contributed by atoms with Crippen LogP contribution in [0.1, 0.15) is 24.5 Å². The van der Waals surface area contributed by atoms with E-state index in [4.69, 9.17) is 4.42 Å². The first kappa shape index (κ1) is 22.5. The highest BCUT2D eigenvalue weighted by Crippen LogP contribution is 2.16. The summed E-state index contributed by atoms with van der Waals surface area (Å²) in [6, 6.07) is 3.42. The standard InChI is InChI=1S/C14H21F3N4O2.HI/c1-9-5-6-11(23-9)10(2)20-13(18-3)19-7-12(22)21(4)8-14(15,16)17;/h5-6,10H,7-8H2,1-4H3,(H2,18,19,20);1H. The van der Waals surface area contributed by atoms with Gasteiger partial charge in [-0.1, -0.05) is 0 Å². The summed E-state index contributed by atoms with van der Waals surface area (Å²) in [7, 11) is 2.60. The van der Waals surface area contributed by atoms with Crippen LogP contribution < -0.4 is 10.6 Å². The van der Waals surface area contributed by atoms with Gasteiger partial charge in [-0.3, -0.25) is 9.79 Å². The molecule has 2 N–H and O–H groups in total. The molecule has 1 amide bonds. The third kappa shape index (κ3) is 7.88. The molecule has 0 fully saturated rings. The van der Waals surface area contributed by atoms with Gasteiger partial charge in [0.05, 0.1) is 12.6 Å². The van der Waals surface area contributed by atoms with E-state index in [-0.39, 0.29) is 36.6 Å². The number of carbonyl (C=O) groups is 1. The van der Waals surface area contributed by atoms with E-state index in [0.29, 0.717) is 16.6 Å². The zero-order valence-electron chi connectivity index (χ0n) is 13.9. The largest absolute Gasteiger partial charge is 0.464 e. The Morgan fingerprint density at radius 3 is 2.50 bits per heavy atom. The van der Waals surface area contributed by atoms with Gasteiger partial charge in [-0.2, -0.15) is 13.2 Å². The highest BCUT2D eigenvalue weighted by Gasteiger charge is 2.31. The summed E-state index contributed by atoms with van der Waals surface area (Å²) in [6.07, 6.45) is -4.42. The Balaban J connectivity index is 0.00000529. The Morgan fingerprint density at radius 1 is 1.42 bits per heavy atom. The lowest BCUT2D eigenvalue weighted by molar-refractivity contribution is -0.157. The third-order valence-corrected chi connectivity index (χ3v) is 3.01. The van der Waals surface area contributed by atoms with E-state index in [1.807, 2.05) is 26.0 Å². The minimum Gasteiger partial charge on any atom is -0.464 e. The molecule has 0 aliphatic heterocycles. The lowest BCUT2D eigenvalue weighted by Gasteiger charge is -2.20. The molecule has 0 saturated heterocycles. The summed E-state index contributed by atoms with van der Waals surface area (Å²) < 4.78 is 42.2. The predicted octanol–water partition coefficient (Wildman–Crippen LogP) is 2.45. The van der Waals surface area contributed by atoms with Crippen molar-refractivity contribution < 1.29 is 22.4 Å². The first-order valence-corrected chi connectivity index (χ1v) is 6.96. The van der Waals surface area contributed by atoms with Gasteiger partial charge in [0, 0.05) is 14.1 Å². The van der Waals surface area contributed by atoms with Crippen molar-refractivity contribution >= 4 is 35.8 Å². The third-order valence-electron chi connectivity index (χ3n) is 3.01. The van der Waals surface area contributed by atoms with Gasteiger partial charge in [0.25, 0.3) is 0 Å². The Bertz CT molecular complexity index is 560. The second kappa shape index (κ2) is 9.74. The second-order valence-electron chi connectivity index (χ2n) is 5.11. The van der Waals surface area contributed by atoms with Crippen LogP contribution in [0.5, 0.6) is 0 Å². The van der Waals surface area contributed by atoms with Crippen LogP contribution in [0.4, 0.5) is 13.2 Å². The zero-order chi connectivity index (χ0) is 17.6. The molecule has 1 rings (SSSR count). The van der Waals surface area contributed by atoms with Gasteiger partial charge in [-0.15, -0.1) is 24.0 Å². The SMILES string of the molecule is CN=C(NCC(=O)N(C)CC(F)(F)F)NC(C)c1ccc(C)o1.I. The van der Waals surface area contributed by atoms with Crippen LogP contribution in [-0.4, -0.2) is 50.1 Å². The van der Waals surface area contributed by atoms with E-state index < -0.39 is 18.6 Å². The number of carbonyl (C=O) groups excluding carboxylic acids is 1. The van der Waals surface area contributed by atoms with E-state index in [1.54, 1.807) is 0 Å². The number of furan rings is 1. The molecular formula is C14H22F3IN4O2. The van der Waals surface area contributed by atoms with Crippen LogP contribution in [0.15, 0.2) is 21.5 Å². The van der Waals surface area contributed by atoms with Crippen molar-refractivity contribution in [2.24, 2.45) is 4.99 Å². The molecule has 138 valence electrons. The van der Waals surface area contributed by atoms with Gasteiger partial charge < -0.3 is 20.0 Å². The number of hydrogen-bond acceptors (Lipinski definition) is 3.